The average molecular weight is 217 g/mol. The monoisotopic (exact) mass is 217 g/mol. The molecule has 0 aromatic carbocycles. The largest absolute Gasteiger partial charge is 0.392 e. The van der Waals surface area contributed by atoms with Crippen LogP contribution in [0.3, 0.4) is 0 Å². The average Bonchev–Trinajstić information content (AvgIpc) is 2.39. The van der Waals surface area contributed by atoms with Gasteiger partial charge in [-0.2, -0.15) is 11.8 Å². The molecule has 3 heteroatoms. The number of hydrogen-bond acceptors (Lipinski definition) is 3. The summed E-state index contributed by atoms with van der Waals surface area (Å²) in [5, 5.41) is 10.3. The summed E-state index contributed by atoms with van der Waals surface area (Å²) >= 11 is 1.88. The highest BCUT2D eigenvalue weighted by molar-refractivity contribution is 8.00. The van der Waals surface area contributed by atoms with Gasteiger partial charge in [-0.05, 0) is 19.3 Å². The maximum Gasteiger partial charge on any atom is 0.0658 e. The van der Waals surface area contributed by atoms with Crippen LogP contribution in [-0.2, 0) is 0 Å². The van der Waals surface area contributed by atoms with Gasteiger partial charge in [0.25, 0.3) is 0 Å². The van der Waals surface area contributed by atoms with Crippen molar-refractivity contribution < 1.29 is 5.11 Å². The maximum absolute atomic E-state index is 9.87. The molecular weight excluding hydrogens is 194 g/mol. The van der Waals surface area contributed by atoms with Gasteiger partial charge in [-0.25, -0.2) is 0 Å². The van der Waals surface area contributed by atoms with Crippen LogP contribution in [0.1, 0.15) is 45.4 Å². The number of aliphatic hydroxyl groups excluding tert-OH is 1. The van der Waals surface area contributed by atoms with Crippen LogP contribution in [0.15, 0.2) is 0 Å². The zero-order valence-electron chi connectivity index (χ0n) is 9.11. The van der Waals surface area contributed by atoms with Crippen molar-refractivity contribution in [3.8, 4) is 0 Å². The van der Waals surface area contributed by atoms with E-state index >= 15 is 0 Å². The fourth-order valence-electron chi connectivity index (χ4n) is 1.81. The zero-order chi connectivity index (χ0) is 10.4. The van der Waals surface area contributed by atoms with Gasteiger partial charge in [-0.1, -0.05) is 26.2 Å². The van der Waals surface area contributed by atoms with Crippen molar-refractivity contribution >= 4 is 11.8 Å². The molecule has 1 fully saturated rings. The molecule has 3 N–H and O–H groups in total. The fourth-order valence-corrected chi connectivity index (χ4v) is 3.24. The fraction of sp³-hybridized carbons (Fsp3) is 1.00. The SMILES string of the molecule is CCC(N)CSC1CCCCCC1O. The summed E-state index contributed by atoms with van der Waals surface area (Å²) in [5.74, 6) is 0.998. The molecule has 2 nitrogen and oxygen atoms in total. The van der Waals surface area contributed by atoms with E-state index in [2.05, 4.69) is 6.92 Å². The summed E-state index contributed by atoms with van der Waals surface area (Å²) in [4.78, 5) is 0. The van der Waals surface area contributed by atoms with Crippen molar-refractivity contribution in [3.05, 3.63) is 0 Å². The van der Waals surface area contributed by atoms with Crippen molar-refractivity contribution in [2.45, 2.75) is 62.8 Å². The van der Waals surface area contributed by atoms with Gasteiger partial charge in [-0.15, -0.1) is 0 Å². The lowest BCUT2D eigenvalue weighted by molar-refractivity contribution is 0.163. The van der Waals surface area contributed by atoms with Crippen LogP contribution < -0.4 is 5.73 Å². The van der Waals surface area contributed by atoms with Crippen molar-refractivity contribution in [2.24, 2.45) is 5.73 Å². The lowest BCUT2D eigenvalue weighted by Crippen LogP contribution is -2.27. The van der Waals surface area contributed by atoms with E-state index in [0.29, 0.717) is 11.3 Å². The first kappa shape index (κ1) is 12.3. The Morgan fingerprint density at radius 3 is 2.79 bits per heavy atom. The van der Waals surface area contributed by atoms with Crippen LogP contribution in [0, 0.1) is 0 Å². The first-order valence-corrected chi connectivity index (χ1v) is 6.84. The topological polar surface area (TPSA) is 46.2 Å². The third-order valence-corrected chi connectivity index (χ3v) is 4.57. The van der Waals surface area contributed by atoms with E-state index in [9.17, 15) is 5.11 Å². The molecule has 1 saturated carbocycles. The first-order chi connectivity index (χ1) is 6.74. The van der Waals surface area contributed by atoms with Crippen LogP contribution in [0.25, 0.3) is 0 Å². The van der Waals surface area contributed by atoms with E-state index in [1.165, 1.54) is 25.7 Å². The molecule has 3 atom stereocenters. The van der Waals surface area contributed by atoms with Gasteiger partial charge in [0.2, 0.25) is 0 Å². The van der Waals surface area contributed by atoms with E-state index in [1.54, 1.807) is 0 Å². The molecule has 0 bridgehead atoms. The molecule has 0 amide bonds. The van der Waals surface area contributed by atoms with E-state index in [4.69, 9.17) is 5.73 Å². The zero-order valence-corrected chi connectivity index (χ0v) is 9.93. The summed E-state index contributed by atoms with van der Waals surface area (Å²) in [6.45, 7) is 2.12. The third-order valence-electron chi connectivity index (χ3n) is 2.97. The van der Waals surface area contributed by atoms with E-state index in [0.717, 1.165) is 18.6 Å². The number of hydrogen-bond donors (Lipinski definition) is 2. The van der Waals surface area contributed by atoms with Crippen LogP contribution in [0.2, 0.25) is 0 Å². The second-order valence-electron chi connectivity index (χ2n) is 4.25. The minimum absolute atomic E-state index is 0.0912. The number of aliphatic hydroxyl groups is 1. The highest BCUT2D eigenvalue weighted by atomic mass is 32.2. The highest BCUT2D eigenvalue weighted by Gasteiger charge is 2.22. The van der Waals surface area contributed by atoms with Crippen LogP contribution in [0.5, 0.6) is 0 Å². The molecule has 14 heavy (non-hydrogen) atoms. The summed E-state index contributed by atoms with van der Waals surface area (Å²) in [6, 6.07) is 0.301. The molecule has 1 rings (SSSR count). The smallest absolute Gasteiger partial charge is 0.0658 e. The number of rotatable bonds is 4. The molecule has 0 aromatic rings. The molecular formula is C11H23NOS. The normalized spacial score (nSPS) is 31.1. The second-order valence-corrected chi connectivity index (χ2v) is 5.52. The molecule has 0 spiro atoms. The molecule has 0 heterocycles. The van der Waals surface area contributed by atoms with Crippen molar-refractivity contribution in [1.82, 2.24) is 0 Å². The van der Waals surface area contributed by atoms with Crippen molar-refractivity contribution in [2.75, 3.05) is 5.75 Å². The highest BCUT2D eigenvalue weighted by Crippen LogP contribution is 2.28. The Labute approximate surface area is 91.6 Å². The second kappa shape index (κ2) is 6.70. The molecule has 1 aliphatic rings. The predicted octanol–water partition coefficient (Wildman–Crippen LogP) is 2.15. The maximum atomic E-state index is 9.87. The molecule has 0 aliphatic heterocycles. The Hall–Kier alpha value is 0.270. The molecule has 84 valence electrons. The van der Waals surface area contributed by atoms with E-state index < -0.39 is 0 Å². The van der Waals surface area contributed by atoms with Crippen molar-refractivity contribution in [1.29, 1.82) is 0 Å². The predicted molar refractivity (Wildman–Crippen MR) is 63.6 cm³/mol. The lowest BCUT2D eigenvalue weighted by Gasteiger charge is -2.21. The summed E-state index contributed by atoms with van der Waals surface area (Å²) < 4.78 is 0. The molecule has 0 radical (unpaired) electrons. The first-order valence-electron chi connectivity index (χ1n) is 5.79. The van der Waals surface area contributed by atoms with Gasteiger partial charge in [0.1, 0.15) is 0 Å². The minimum atomic E-state index is -0.0912. The molecule has 0 saturated heterocycles. The Morgan fingerprint density at radius 2 is 2.07 bits per heavy atom. The van der Waals surface area contributed by atoms with E-state index in [1.807, 2.05) is 11.8 Å². The standard InChI is InChI=1S/C11H23NOS/c1-2-9(12)8-14-11-7-5-3-4-6-10(11)13/h9-11,13H,2-8,12H2,1H3. The van der Waals surface area contributed by atoms with Crippen LogP contribution in [0.4, 0.5) is 0 Å². The van der Waals surface area contributed by atoms with Gasteiger partial charge < -0.3 is 10.8 Å². The Balaban J connectivity index is 2.26. The van der Waals surface area contributed by atoms with Crippen LogP contribution in [-0.4, -0.2) is 28.3 Å². The minimum Gasteiger partial charge on any atom is -0.392 e. The quantitative estimate of drug-likeness (QED) is 0.709. The van der Waals surface area contributed by atoms with Crippen molar-refractivity contribution in [3.63, 3.8) is 0 Å². The number of thioether (sulfide) groups is 1. The Kier molecular flexibility index (Phi) is 5.90. The molecule has 3 unspecified atom stereocenters. The van der Waals surface area contributed by atoms with Gasteiger partial charge in [-0.3, -0.25) is 0 Å². The Morgan fingerprint density at radius 1 is 1.36 bits per heavy atom. The van der Waals surface area contributed by atoms with Crippen LogP contribution >= 0.6 is 11.8 Å². The van der Waals surface area contributed by atoms with Gasteiger partial charge in [0.15, 0.2) is 0 Å². The summed E-state index contributed by atoms with van der Waals surface area (Å²) in [7, 11) is 0. The number of nitrogens with two attached hydrogens (primary N) is 1. The third kappa shape index (κ3) is 4.20. The molecule has 1 aliphatic carbocycles. The summed E-state index contributed by atoms with van der Waals surface area (Å²) in [5.41, 5.74) is 5.87. The van der Waals surface area contributed by atoms with Gasteiger partial charge >= 0.3 is 0 Å². The van der Waals surface area contributed by atoms with Gasteiger partial charge in [0, 0.05) is 17.0 Å². The van der Waals surface area contributed by atoms with E-state index in [-0.39, 0.29) is 6.10 Å². The molecule has 0 aromatic heterocycles. The Bertz CT molecular complexity index is 154. The van der Waals surface area contributed by atoms with Gasteiger partial charge in [0.05, 0.1) is 6.10 Å². The summed E-state index contributed by atoms with van der Waals surface area (Å²) in [6.07, 6.45) is 6.85. The lowest BCUT2D eigenvalue weighted by atomic mass is 10.1.